The first-order valence-corrected chi connectivity index (χ1v) is 5.88. The molecule has 0 aliphatic heterocycles. The quantitative estimate of drug-likeness (QED) is 0.544. The summed E-state index contributed by atoms with van der Waals surface area (Å²) in [6.07, 6.45) is -0.320. The number of aliphatic hydroxyl groups is 1. The van der Waals surface area contributed by atoms with Gasteiger partial charge in [-0.15, -0.1) is 0 Å². The Morgan fingerprint density at radius 3 is 2.55 bits per heavy atom. The second-order valence-corrected chi connectivity index (χ2v) is 4.54. The monoisotopic (exact) mass is 286 g/mol. The third-order valence-corrected chi connectivity index (χ3v) is 2.61. The summed E-state index contributed by atoms with van der Waals surface area (Å²) in [7, 11) is 0. The Labute approximate surface area is 114 Å². The van der Waals surface area contributed by atoms with E-state index in [1.54, 1.807) is 13.8 Å². The Kier molecular flexibility index (Phi) is 4.98. The minimum atomic E-state index is -1.57. The van der Waals surface area contributed by atoms with E-state index in [2.05, 4.69) is 5.32 Å². The predicted molar refractivity (Wildman–Crippen MR) is 69.4 cm³/mol. The van der Waals surface area contributed by atoms with E-state index in [9.17, 15) is 24.4 Å². The maximum atomic E-state index is 13.6. The van der Waals surface area contributed by atoms with Gasteiger partial charge in [-0.25, -0.2) is 9.18 Å². The standard InChI is InChI=1S/C12H15FN2O5/c1-6(3-7(2)16)14-10-5-9(13)8(12(17)18)4-11(10)15(19)20/h4-7,14,16H,3H2,1-2H3,(H,17,18). The van der Waals surface area contributed by atoms with Gasteiger partial charge in [0, 0.05) is 18.2 Å². The van der Waals surface area contributed by atoms with E-state index in [0.717, 1.165) is 6.07 Å². The molecule has 1 aromatic rings. The zero-order chi connectivity index (χ0) is 15.4. The average molecular weight is 286 g/mol. The number of carboxylic acids is 1. The number of nitro groups is 1. The molecule has 0 aliphatic carbocycles. The molecule has 0 heterocycles. The smallest absolute Gasteiger partial charge is 0.338 e. The molecule has 0 aliphatic rings. The molecular formula is C12H15FN2O5. The third kappa shape index (κ3) is 3.89. The lowest BCUT2D eigenvalue weighted by atomic mass is 10.1. The number of nitrogens with zero attached hydrogens (tertiary/aromatic N) is 1. The number of halogens is 1. The van der Waals surface area contributed by atoms with E-state index >= 15 is 0 Å². The number of aromatic carboxylic acids is 1. The zero-order valence-electron chi connectivity index (χ0n) is 11.0. The fraction of sp³-hybridized carbons (Fsp3) is 0.417. The van der Waals surface area contributed by atoms with Crippen LogP contribution in [0.5, 0.6) is 0 Å². The van der Waals surface area contributed by atoms with Crippen LogP contribution < -0.4 is 5.32 Å². The number of nitrogens with one attached hydrogen (secondary N) is 1. The van der Waals surface area contributed by atoms with Crippen molar-refractivity contribution in [2.75, 3.05) is 5.32 Å². The Morgan fingerprint density at radius 1 is 1.50 bits per heavy atom. The minimum Gasteiger partial charge on any atom is -0.478 e. The van der Waals surface area contributed by atoms with Crippen LogP contribution in [0.3, 0.4) is 0 Å². The lowest BCUT2D eigenvalue weighted by molar-refractivity contribution is -0.384. The topological polar surface area (TPSA) is 113 Å². The lowest BCUT2D eigenvalue weighted by Crippen LogP contribution is -2.21. The first-order chi connectivity index (χ1) is 9.22. The highest BCUT2D eigenvalue weighted by molar-refractivity contribution is 5.90. The number of aliphatic hydroxyl groups excluding tert-OH is 1. The molecule has 0 saturated carbocycles. The van der Waals surface area contributed by atoms with Crippen LogP contribution in [0.15, 0.2) is 12.1 Å². The summed E-state index contributed by atoms with van der Waals surface area (Å²) in [5.74, 6) is -2.64. The molecule has 0 amide bonds. The van der Waals surface area contributed by atoms with Crippen molar-refractivity contribution < 1.29 is 24.3 Å². The maximum absolute atomic E-state index is 13.6. The number of carbonyl (C=O) groups is 1. The summed E-state index contributed by atoms with van der Waals surface area (Å²) in [6.45, 7) is 3.22. The number of benzene rings is 1. The van der Waals surface area contributed by atoms with Crippen molar-refractivity contribution in [1.29, 1.82) is 0 Å². The zero-order valence-corrected chi connectivity index (χ0v) is 11.0. The van der Waals surface area contributed by atoms with Gasteiger partial charge in [0.05, 0.1) is 11.0 Å². The fourth-order valence-electron chi connectivity index (χ4n) is 1.83. The predicted octanol–water partition coefficient (Wildman–Crippen LogP) is 2.00. The number of carboxylic acid groups (broad SMARTS) is 1. The van der Waals surface area contributed by atoms with Gasteiger partial charge < -0.3 is 15.5 Å². The molecule has 0 aromatic heterocycles. The van der Waals surface area contributed by atoms with E-state index in [-0.39, 0.29) is 11.7 Å². The molecule has 0 fully saturated rings. The van der Waals surface area contributed by atoms with Crippen molar-refractivity contribution in [3.8, 4) is 0 Å². The van der Waals surface area contributed by atoms with Gasteiger partial charge in [0.15, 0.2) is 0 Å². The van der Waals surface area contributed by atoms with Crippen LogP contribution in [0.25, 0.3) is 0 Å². The van der Waals surface area contributed by atoms with Gasteiger partial charge in [0.2, 0.25) is 0 Å². The average Bonchev–Trinajstić information content (AvgIpc) is 2.26. The highest BCUT2D eigenvalue weighted by atomic mass is 19.1. The Morgan fingerprint density at radius 2 is 2.10 bits per heavy atom. The van der Waals surface area contributed by atoms with E-state index in [1.165, 1.54) is 0 Å². The SMILES string of the molecule is CC(O)CC(C)Nc1cc(F)c(C(=O)O)cc1[N+](=O)[O-]. The van der Waals surface area contributed by atoms with Crippen LogP contribution in [0.2, 0.25) is 0 Å². The fourth-order valence-corrected chi connectivity index (χ4v) is 1.83. The lowest BCUT2D eigenvalue weighted by Gasteiger charge is -2.17. The molecule has 0 bridgehead atoms. The molecule has 8 heteroatoms. The second-order valence-electron chi connectivity index (χ2n) is 4.54. The molecule has 0 radical (unpaired) electrons. The molecule has 2 unspecified atom stereocenters. The van der Waals surface area contributed by atoms with Crippen LogP contribution >= 0.6 is 0 Å². The Hall–Kier alpha value is -2.22. The van der Waals surface area contributed by atoms with Gasteiger partial charge in [0.1, 0.15) is 17.1 Å². The van der Waals surface area contributed by atoms with Crippen molar-refractivity contribution in [2.24, 2.45) is 0 Å². The van der Waals surface area contributed by atoms with Crippen molar-refractivity contribution >= 4 is 17.3 Å². The normalized spacial score (nSPS) is 13.6. The van der Waals surface area contributed by atoms with E-state index < -0.39 is 34.1 Å². The van der Waals surface area contributed by atoms with Gasteiger partial charge in [-0.05, 0) is 20.3 Å². The van der Waals surface area contributed by atoms with Crippen molar-refractivity contribution in [2.45, 2.75) is 32.4 Å². The third-order valence-electron chi connectivity index (χ3n) is 2.61. The van der Waals surface area contributed by atoms with Crippen LogP contribution in [0.1, 0.15) is 30.6 Å². The number of hydrogen-bond acceptors (Lipinski definition) is 5. The van der Waals surface area contributed by atoms with Crippen molar-refractivity contribution in [1.82, 2.24) is 0 Å². The largest absolute Gasteiger partial charge is 0.478 e. The summed E-state index contributed by atoms with van der Waals surface area (Å²) >= 11 is 0. The van der Waals surface area contributed by atoms with Gasteiger partial charge in [-0.2, -0.15) is 0 Å². The molecule has 7 nitrogen and oxygen atoms in total. The molecule has 110 valence electrons. The van der Waals surface area contributed by atoms with Crippen molar-refractivity contribution in [3.63, 3.8) is 0 Å². The Bertz CT molecular complexity index is 533. The number of nitro benzene ring substituents is 1. The van der Waals surface area contributed by atoms with Crippen molar-refractivity contribution in [3.05, 3.63) is 33.6 Å². The molecule has 0 saturated heterocycles. The van der Waals surface area contributed by atoms with E-state index in [1.807, 2.05) is 0 Å². The van der Waals surface area contributed by atoms with E-state index in [0.29, 0.717) is 12.5 Å². The first-order valence-electron chi connectivity index (χ1n) is 5.88. The van der Waals surface area contributed by atoms with Crippen LogP contribution in [-0.2, 0) is 0 Å². The summed E-state index contributed by atoms with van der Waals surface area (Å²) < 4.78 is 13.6. The minimum absolute atomic E-state index is 0.120. The number of hydrogen-bond donors (Lipinski definition) is 3. The summed E-state index contributed by atoms with van der Waals surface area (Å²) in [4.78, 5) is 20.9. The van der Waals surface area contributed by atoms with Gasteiger partial charge >= 0.3 is 5.97 Å². The molecular weight excluding hydrogens is 271 g/mol. The second kappa shape index (κ2) is 6.29. The van der Waals surface area contributed by atoms with Crippen LogP contribution in [0, 0.1) is 15.9 Å². The highest BCUT2D eigenvalue weighted by Crippen LogP contribution is 2.29. The number of rotatable bonds is 6. The number of anilines is 1. The van der Waals surface area contributed by atoms with Crippen LogP contribution in [-0.4, -0.2) is 33.3 Å². The molecule has 1 aromatic carbocycles. The molecule has 0 spiro atoms. The molecule has 3 N–H and O–H groups in total. The summed E-state index contributed by atoms with van der Waals surface area (Å²) in [5, 5.41) is 31.6. The van der Waals surface area contributed by atoms with Crippen LogP contribution in [0.4, 0.5) is 15.8 Å². The summed E-state index contributed by atoms with van der Waals surface area (Å²) in [5.41, 5.74) is -1.41. The molecule has 2 atom stereocenters. The van der Waals surface area contributed by atoms with Gasteiger partial charge in [0.25, 0.3) is 5.69 Å². The maximum Gasteiger partial charge on any atom is 0.338 e. The van der Waals surface area contributed by atoms with E-state index in [4.69, 9.17) is 5.11 Å². The van der Waals surface area contributed by atoms with Gasteiger partial charge in [-0.3, -0.25) is 10.1 Å². The Balaban J connectivity index is 3.15. The highest BCUT2D eigenvalue weighted by Gasteiger charge is 2.23. The first kappa shape index (κ1) is 15.8. The molecule has 1 rings (SSSR count). The molecule has 20 heavy (non-hydrogen) atoms. The summed E-state index contributed by atoms with van der Waals surface area (Å²) in [6, 6.07) is 1.11. The van der Waals surface area contributed by atoms with Gasteiger partial charge in [-0.1, -0.05) is 0 Å².